The predicted octanol–water partition coefficient (Wildman–Crippen LogP) is 3.38. The molecule has 0 saturated carbocycles. The van der Waals surface area contributed by atoms with E-state index in [1.54, 1.807) is 19.2 Å². The monoisotopic (exact) mass is 512 g/mol. The summed E-state index contributed by atoms with van der Waals surface area (Å²) in [6, 6.07) is 14.6. The number of rotatable bonds is 8. The lowest BCUT2D eigenvalue weighted by atomic mass is 10.0. The highest BCUT2D eigenvalue weighted by Gasteiger charge is 2.07. The molecule has 7 heteroatoms. The first kappa shape index (κ1) is 24.9. The summed E-state index contributed by atoms with van der Waals surface area (Å²) in [6.07, 6.45) is 0.165. The molecule has 2 aromatic rings. The normalized spacial score (nSPS) is 11.9. The fraction of sp³-hybridized carbons (Fsp3) is 0.364. The topological polar surface area (TPSA) is 65.5 Å². The Labute approximate surface area is 189 Å². The molecular weight excluding hydrogens is 482 g/mol. The number of nitrogens with zero attached hydrogens (tertiary/aromatic N) is 1. The Morgan fingerprint density at radius 3 is 2.41 bits per heavy atom. The van der Waals surface area contributed by atoms with E-state index in [9.17, 15) is 9.18 Å². The van der Waals surface area contributed by atoms with Gasteiger partial charge in [-0.15, -0.1) is 24.0 Å². The molecule has 0 saturated heterocycles. The van der Waals surface area contributed by atoms with Gasteiger partial charge in [-0.3, -0.25) is 9.79 Å². The van der Waals surface area contributed by atoms with Crippen molar-refractivity contribution in [2.45, 2.75) is 26.2 Å². The van der Waals surface area contributed by atoms with Gasteiger partial charge in [0, 0.05) is 26.7 Å². The summed E-state index contributed by atoms with van der Waals surface area (Å²) >= 11 is 0. The lowest BCUT2D eigenvalue weighted by Gasteiger charge is -2.16. The van der Waals surface area contributed by atoms with Crippen molar-refractivity contribution in [2.24, 2.45) is 4.99 Å². The van der Waals surface area contributed by atoms with Gasteiger partial charge in [0.05, 0.1) is 6.42 Å². The zero-order valence-corrected chi connectivity index (χ0v) is 19.5. The first-order valence-corrected chi connectivity index (χ1v) is 9.50. The molecule has 0 spiro atoms. The number of carbonyl (C=O) groups is 1. The maximum absolute atomic E-state index is 13.1. The third-order valence-electron chi connectivity index (χ3n) is 4.44. The van der Waals surface area contributed by atoms with Crippen LogP contribution in [0.1, 0.15) is 29.5 Å². The maximum atomic E-state index is 13.1. The van der Waals surface area contributed by atoms with E-state index in [0.717, 1.165) is 6.54 Å². The Kier molecular flexibility index (Phi) is 11.3. The van der Waals surface area contributed by atoms with Crippen molar-refractivity contribution in [3.63, 3.8) is 0 Å². The van der Waals surface area contributed by atoms with Crippen LogP contribution in [-0.2, 0) is 11.2 Å². The number of aryl methyl sites for hydroxylation is 1. The second kappa shape index (κ2) is 13.1. The number of aliphatic imine (C=N–C) groups is 1. The van der Waals surface area contributed by atoms with Crippen LogP contribution >= 0.6 is 24.0 Å². The molecule has 1 unspecified atom stereocenters. The smallest absolute Gasteiger partial charge is 0.224 e. The van der Waals surface area contributed by atoms with E-state index in [-0.39, 0.29) is 42.1 Å². The third kappa shape index (κ3) is 9.25. The molecule has 0 aliphatic rings. The van der Waals surface area contributed by atoms with Crippen LogP contribution in [0.2, 0.25) is 0 Å². The summed E-state index contributed by atoms with van der Waals surface area (Å²) in [5.74, 6) is 0.577. The molecule has 2 aromatic carbocycles. The van der Waals surface area contributed by atoms with E-state index in [1.807, 2.05) is 0 Å². The van der Waals surface area contributed by atoms with Gasteiger partial charge in [-0.2, -0.15) is 0 Å². The minimum absolute atomic E-state index is 0. The minimum atomic E-state index is -0.332. The molecule has 0 bridgehead atoms. The van der Waals surface area contributed by atoms with Crippen molar-refractivity contribution in [1.29, 1.82) is 0 Å². The fourth-order valence-corrected chi connectivity index (χ4v) is 2.76. The molecule has 0 fully saturated rings. The van der Waals surface area contributed by atoms with E-state index in [0.29, 0.717) is 30.5 Å². The number of hydrogen-bond acceptors (Lipinski definition) is 2. The molecular formula is C22H30FIN4O. The second-order valence-corrected chi connectivity index (χ2v) is 6.85. The molecule has 0 aliphatic carbocycles. The summed E-state index contributed by atoms with van der Waals surface area (Å²) in [4.78, 5) is 16.1. The maximum Gasteiger partial charge on any atom is 0.224 e. The zero-order valence-electron chi connectivity index (χ0n) is 17.2. The van der Waals surface area contributed by atoms with Crippen LogP contribution in [-0.4, -0.2) is 38.5 Å². The number of carbonyl (C=O) groups excluding carboxylic acids is 1. The highest BCUT2D eigenvalue weighted by atomic mass is 127. The van der Waals surface area contributed by atoms with Crippen molar-refractivity contribution >= 4 is 35.8 Å². The van der Waals surface area contributed by atoms with Crippen LogP contribution in [0.3, 0.4) is 0 Å². The summed E-state index contributed by atoms with van der Waals surface area (Å²) in [7, 11) is 1.72. The highest BCUT2D eigenvalue weighted by molar-refractivity contribution is 14.0. The molecule has 5 nitrogen and oxygen atoms in total. The molecule has 0 aromatic heterocycles. The van der Waals surface area contributed by atoms with Gasteiger partial charge in [0.2, 0.25) is 5.91 Å². The number of amides is 1. The van der Waals surface area contributed by atoms with E-state index in [1.165, 1.54) is 23.3 Å². The van der Waals surface area contributed by atoms with E-state index >= 15 is 0 Å². The van der Waals surface area contributed by atoms with Crippen molar-refractivity contribution in [2.75, 3.05) is 26.7 Å². The van der Waals surface area contributed by atoms with Gasteiger partial charge in [-0.1, -0.05) is 48.9 Å². The van der Waals surface area contributed by atoms with Gasteiger partial charge in [-0.05, 0) is 36.1 Å². The largest absolute Gasteiger partial charge is 0.356 e. The van der Waals surface area contributed by atoms with Gasteiger partial charge in [0.15, 0.2) is 5.96 Å². The van der Waals surface area contributed by atoms with Gasteiger partial charge >= 0.3 is 0 Å². The lowest BCUT2D eigenvalue weighted by molar-refractivity contribution is -0.120. The van der Waals surface area contributed by atoms with Crippen LogP contribution in [0.15, 0.2) is 53.5 Å². The average molecular weight is 512 g/mol. The van der Waals surface area contributed by atoms with Gasteiger partial charge in [-0.25, -0.2) is 4.39 Å². The number of benzene rings is 2. The number of hydrogen-bond donors (Lipinski definition) is 3. The summed E-state index contributed by atoms with van der Waals surface area (Å²) in [6.45, 7) is 6.01. The second-order valence-electron chi connectivity index (χ2n) is 6.85. The highest BCUT2D eigenvalue weighted by Crippen LogP contribution is 2.14. The molecule has 0 aliphatic heterocycles. The van der Waals surface area contributed by atoms with Crippen LogP contribution in [0.25, 0.3) is 0 Å². The average Bonchev–Trinajstić information content (AvgIpc) is 2.67. The predicted molar refractivity (Wildman–Crippen MR) is 127 cm³/mol. The van der Waals surface area contributed by atoms with Gasteiger partial charge in [0.1, 0.15) is 5.82 Å². The van der Waals surface area contributed by atoms with E-state index < -0.39 is 0 Å². The van der Waals surface area contributed by atoms with Crippen molar-refractivity contribution in [1.82, 2.24) is 16.0 Å². The number of guanidine groups is 1. The Hall–Kier alpha value is -2.16. The van der Waals surface area contributed by atoms with Crippen LogP contribution < -0.4 is 16.0 Å². The molecule has 2 rings (SSSR count). The quantitative estimate of drug-likeness (QED) is 0.220. The first-order valence-electron chi connectivity index (χ1n) is 9.50. The van der Waals surface area contributed by atoms with Crippen molar-refractivity contribution < 1.29 is 9.18 Å². The Morgan fingerprint density at radius 2 is 1.76 bits per heavy atom. The molecule has 1 atom stereocenters. The fourth-order valence-electron chi connectivity index (χ4n) is 2.76. The number of halogens is 2. The van der Waals surface area contributed by atoms with Gasteiger partial charge in [0.25, 0.3) is 0 Å². The lowest BCUT2D eigenvalue weighted by Crippen LogP contribution is -2.42. The molecule has 3 N–H and O–H groups in total. The van der Waals surface area contributed by atoms with E-state index in [4.69, 9.17) is 0 Å². The van der Waals surface area contributed by atoms with Crippen molar-refractivity contribution in [3.8, 4) is 0 Å². The molecule has 158 valence electrons. The van der Waals surface area contributed by atoms with Crippen LogP contribution in [0.5, 0.6) is 0 Å². The Balaban J connectivity index is 0.00000420. The Morgan fingerprint density at radius 1 is 1.07 bits per heavy atom. The standard InChI is InChI=1S/C22H29FN4O.HI/c1-16-7-9-19(10-8-16)17(2)15-27-22(24-3)26-12-11-25-21(28)14-18-5-4-6-20(23)13-18;/h4-10,13,17H,11-12,14-15H2,1-3H3,(H,25,28)(H2,24,26,27);1H. The molecule has 29 heavy (non-hydrogen) atoms. The van der Waals surface area contributed by atoms with Crippen LogP contribution in [0, 0.1) is 12.7 Å². The van der Waals surface area contributed by atoms with Crippen LogP contribution in [0.4, 0.5) is 4.39 Å². The SMILES string of the molecule is CN=C(NCCNC(=O)Cc1cccc(F)c1)NCC(C)c1ccc(C)cc1.I. The summed E-state index contributed by atoms with van der Waals surface area (Å²) < 4.78 is 13.1. The molecule has 0 radical (unpaired) electrons. The summed E-state index contributed by atoms with van der Waals surface area (Å²) in [5.41, 5.74) is 3.19. The Bertz CT molecular complexity index is 796. The minimum Gasteiger partial charge on any atom is -0.356 e. The van der Waals surface area contributed by atoms with E-state index in [2.05, 4.69) is 59.1 Å². The summed E-state index contributed by atoms with van der Waals surface area (Å²) in [5, 5.41) is 9.30. The number of nitrogens with one attached hydrogen (secondary N) is 3. The molecule has 0 heterocycles. The van der Waals surface area contributed by atoms with Gasteiger partial charge < -0.3 is 16.0 Å². The molecule has 1 amide bonds. The third-order valence-corrected chi connectivity index (χ3v) is 4.44. The first-order chi connectivity index (χ1) is 13.5. The zero-order chi connectivity index (χ0) is 20.4. The van der Waals surface area contributed by atoms with Crippen molar-refractivity contribution in [3.05, 3.63) is 71.0 Å².